The van der Waals surface area contributed by atoms with Gasteiger partial charge in [-0.15, -0.1) is 0 Å². The Hall–Kier alpha value is -2.95. The summed E-state index contributed by atoms with van der Waals surface area (Å²) in [5.41, 5.74) is 0. The molecule has 0 aliphatic rings. The normalized spacial score (nSPS) is 13.8. The third-order valence-corrected chi connectivity index (χ3v) is 11.0. The van der Waals surface area contributed by atoms with Gasteiger partial charge in [-0.25, -0.2) is 0 Å². The van der Waals surface area contributed by atoms with E-state index in [0.717, 1.165) is 77.0 Å². The van der Waals surface area contributed by atoms with E-state index in [1.54, 1.807) is 6.08 Å². The van der Waals surface area contributed by atoms with E-state index in [9.17, 15) is 15.0 Å². The summed E-state index contributed by atoms with van der Waals surface area (Å²) >= 11 is 0. The van der Waals surface area contributed by atoms with Gasteiger partial charge >= 0.3 is 0 Å². The monoisotopic (exact) mass is 844 g/mol. The highest BCUT2D eigenvalue weighted by molar-refractivity contribution is 5.76. The highest BCUT2D eigenvalue weighted by atomic mass is 16.3. The zero-order chi connectivity index (χ0) is 44.2. The minimum atomic E-state index is -0.876. The molecular weight excluding hydrogens is 747 g/mol. The molecule has 0 aliphatic carbocycles. The lowest BCUT2D eigenvalue weighted by Gasteiger charge is -2.19. The van der Waals surface area contributed by atoms with E-state index in [-0.39, 0.29) is 12.5 Å². The van der Waals surface area contributed by atoms with Crippen molar-refractivity contribution in [2.45, 2.75) is 238 Å². The Morgan fingerprint density at radius 1 is 0.410 bits per heavy atom. The topological polar surface area (TPSA) is 69.6 Å². The van der Waals surface area contributed by atoms with Crippen molar-refractivity contribution in [1.29, 1.82) is 0 Å². The molecule has 0 aromatic carbocycles. The van der Waals surface area contributed by atoms with Gasteiger partial charge in [0.2, 0.25) is 5.91 Å². The van der Waals surface area contributed by atoms with E-state index in [2.05, 4.69) is 116 Å². The van der Waals surface area contributed by atoms with Crippen molar-refractivity contribution < 1.29 is 15.0 Å². The van der Waals surface area contributed by atoms with Gasteiger partial charge in [0.25, 0.3) is 0 Å². The first-order valence-electron chi connectivity index (χ1n) is 25.6. The Labute approximate surface area is 378 Å². The highest BCUT2D eigenvalue weighted by Crippen LogP contribution is 2.14. The fraction of sp³-hybridized carbons (Fsp3) is 0.667. The maximum absolute atomic E-state index is 12.4. The van der Waals surface area contributed by atoms with Gasteiger partial charge in [-0.1, -0.05) is 232 Å². The zero-order valence-electron chi connectivity index (χ0n) is 39.9. The summed E-state index contributed by atoms with van der Waals surface area (Å²) in [4.78, 5) is 12.4. The number of allylic oxidation sites excluding steroid dienone is 17. The van der Waals surface area contributed by atoms with Crippen LogP contribution in [-0.2, 0) is 4.79 Å². The lowest BCUT2D eigenvalue weighted by atomic mass is 10.0. The number of unbranched alkanes of at least 4 members (excludes halogenated alkanes) is 22. The molecule has 0 aliphatic heterocycles. The predicted molar refractivity (Wildman–Crippen MR) is 271 cm³/mol. The first kappa shape index (κ1) is 58.1. The van der Waals surface area contributed by atoms with E-state index in [0.29, 0.717) is 6.42 Å². The number of nitrogens with one attached hydrogen (secondary N) is 1. The minimum Gasteiger partial charge on any atom is -0.394 e. The molecule has 4 heteroatoms. The quantitative estimate of drug-likeness (QED) is 0.0422. The van der Waals surface area contributed by atoms with Crippen molar-refractivity contribution in [2.24, 2.45) is 0 Å². The molecule has 0 radical (unpaired) electrons. The number of carbonyl (C=O) groups excluding carboxylic acids is 1. The number of aliphatic hydroxyl groups excluding tert-OH is 2. The summed E-state index contributed by atoms with van der Waals surface area (Å²) in [6.07, 6.45) is 77.9. The molecule has 0 aromatic rings. The van der Waals surface area contributed by atoms with Crippen molar-refractivity contribution >= 4 is 5.91 Å². The van der Waals surface area contributed by atoms with Crippen LogP contribution in [-0.4, -0.2) is 34.9 Å². The van der Waals surface area contributed by atoms with Gasteiger partial charge in [0.05, 0.1) is 18.8 Å². The van der Waals surface area contributed by atoms with E-state index in [1.165, 1.54) is 128 Å². The van der Waals surface area contributed by atoms with Gasteiger partial charge in [0.1, 0.15) is 0 Å². The second kappa shape index (κ2) is 51.4. The molecule has 0 fully saturated rings. The maximum atomic E-state index is 12.4. The van der Waals surface area contributed by atoms with E-state index in [4.69, 9.17) is 0 Å². The Bertz CT molecular complexity index is 1180. The number of aliphatic hydroxyl groups is 2. The smallest absolute Gasteiger partial charge is 0.220 e. The van der Waals surface area contributed by atoms with Crippen molar-refractivity contribution in [2.75, 3.05) is 6.61 Å². The molecule has 0 saturated carbocycles. The molecule has 0 bridgehead atoms. The van der Waals surface area contributed by atoms with Gasteiger partial charge in [-0.05, 0) is 96.3 Å². The summed E-state index contributed by atoms with van der Waals surface area (Å²) in [6.45, 7) is 4.16. The Morgan fingerprint density at radius 2 is 0.738 bits per heavy atom. The molecule has 1 amide bonds. The van der Waals surface area contributed by atoms with Gasteiger partial charge in [-0.3, -0.25) is 4.79 Å². The fourth-order valence-corrected chi connectivity index (χ4v) is 7.10. The van der Waals surface area contributed by atoms with Crippen LogP contribution in [0.2, 0.25) is 0 Å². The van der Waals surface area contributed by atoms with E-state index in [1.807, 2.05) is 6.08 Å². The van der Waals surface area contributed by atoms with Gasteiger partial charge in [-0.2, -0.15) is 0 Å². The number of amides is 1. The lowest BCUT2D eigenvalue weighted by molar-refractivity contribution is -0.123. The second-order valence-electron chi connectivity index (χ2n) is 16.8. The minimum absolute atomic E-state index is 0.0830. The third-order valence-electron chi connectivity index (χ3n) is 11.0. The average molecular weight is 844 g/mol. The molecule has 3 N–H and O–H groups in total. The van der Waals surface area contributed by atoms with E-state index >= 15 is 0 Å². The van der Waals surface area contributed by atoms with Crippen LogP contribution in [0.25, 0.3) is 0 Å². The molecule has 0 spiro atoms. The average Bonchev–Trinajstić information content (AvgIpc) is 3.26. The molecule has 0 heterocycles. The summed E-state index contributed by atoms with van der Waals surface area (Å²) in [5.74, 6) is -0.0830. The van der Waals surface area contributed by atoms with Crippen LogP contribution in [0.3, 0.4) is 0 Å². The van der Waals surface area contributed by atoms with Crippen LogP contribution < -0.4 is 5.32 Å². The van der Waals surface area contributed by atoms with Gasteiger partial charge in [0, 0.05) is 6.42 Å². The van der Waals surface area contributed by atoms with Crippen LogP contribution in [0.5, 0.6) is 0 Å². The van der Waals surface area contributed by atoms with Crippen molar-refractivity contribution in [3.05, 3.63) is 109 Å². The first-order chi connectivity index (χ1) is 30.2. The number of rotatable bonds is 45. The molecule has 0 saturated heterocycles. The number of hydrogen-bond donors (Lipinski definition) is 3. The summed E-state index contributed by atoms with van der Waals surface area (Å²) in [7, 11) is 0. The largest absolute Gasteiger partial charge is 0.394 e. The summed E-state index contributed by atoms with van der Waals surface area (Å²) in [5, 5.41) is 23.0. The summed E-state index contributed by atoms with van der Waals surface area (Å²) in [6, 6.07) is -0.651. The Balaban J connectivity index is 3.59. The second-order valence-corrected chi connectivity index (χ2v) is 16.8. The Morgan fingerprint density at radius 3 is 1.15 bits per heavy atom. The molecular formula is C57H97NO3. The standard InChI is InChI=1S/C57H97NO3/c1-3-5-7-9-11-13-15-17-19-21-22-23-24-25-26-27-28-29-30-31-32-33-34-35-36-37-39-41-43-45-47-49-51-53-57(61)58-55(54-59)56(60)52-50-48-46-44-42-40-38-20-18-16-14-12-10-8-6-4-2/h5,7,11,13,17-20,22-23,25-26,28-29,42,44,50,52,55-56,59-60H,3-4,6,8-10,12,14-16,21,24,27,30-41,43,45-49,51,53-54H2,1-2H3,(H,58,61)/b7-5-,13-11-,19-17-,20-18+,23-22-,26-25-,29-28-,44-42+,52-50+. The van der Waals surface area contributed by atoms with Crippen LogP contribution in [0.4, 0.5) is 0 Å². The third kappa shape index (κ3) is 47.9. The zero-order valence-corrected chi connectivity index (χ0v) is 39.9. The Kier molecular flexibility index (Phi) is 48.9. The molecule has 0 rings (SSSR count). The van der Waals surface area contributed by atoms with Gasteiger partial charge in [0.15, 0.2) is 0 Å². The maximum Gasteiger partial charge on any atom is 0.220 e. The van der Waals surface area contributed by atoms with Crippen molar-refractivity contribution in [3.63, 3.8) is 0 Å². The predicted octanol–water partition coefficient (Wildman–Crippen LogP) is 16.7. The SMILES string of the molecule is CC/C=C\C/C=C\C/C=C\C/C=C\C/C=C\C/C=C\CCCCCCCCCCCCCCCCC(=O)NC(CO)C(O)/C=C/CC/C=C/CC/C=C/CCCCCCCC. The van der Waals surface area contributed by atoms with Crippen molar-refractivity contribution in [3.8, 4) is 0 Å². The first-order valence-corrected chi connectivity index (χ1v) is 25.6. The summed E-state index contributed by atoms with van der Waals surface area (Å²) < 4.78 is 0. The van der Waals surface area contributed by atoms with Gasteiger partial charge < -0.3 is 15.5 Å². The van der Waals surface area contributed by atoms with Crippen LogP contribution in [0.15, 0.2) is 109 Å². The highest BCUT2D eigenvalue weighted by Gasteiger charge is 2.17. The lowest BCUT2D eigenvalue weighted by Crippen LogP contribution is -2.45. The fourth-order valence-electron chi connectivity index (χ4n) is 7.10. The molecule has 348 valence electrons. The molecule has 4 nitrogen and oxygen atoms in total. The molecule has 2 atom stereocenters. The van der Waals surface area contributed by atoms with E-state index < -0.39 is 12.1 Å². The molecule has 61 heavy (non-hydrogen) atoms. The number of hydrogen-bond acceptors (Lipinski definition) is 3. The van der Waals surface area contributed by atoms with Crippen LogP contribution in [0, 0.1) is 0 Å². The van der Waals surface area contributed by atoms with Crippen LogP contribution >= 0.6 is 0 Å². The van der Waals surface area contributed by atoms with Crippen molar-refractivity contribution in [1.82, 2.24) is 5.32 Å². The van der Waals surface area contributed by atoms with Crippen LogP contribution in [0.1, 0.15) is 226 Å². The molecule has 0 aromatic heterocycles. The number of carbonyl (C=O) groups is 1. The molecule has 2 unspecified atom stereocenters.